The molecule has 0 radical (unpaired) electrons. The molecule has 0 saturated heterocycles. The molecule has 0 amide bonds. The van der Waals surface area contributed by atoms with Crippen LogP contribution in [0.4, 0.5) is 5.69 Å². The van der Waals surface area contributed by atoms with E-state index in [9.17, 15) is 0 Å². The van der Waals surface area contributed by atoms with Crippen LogP contribution in [-0.2, 0) is 0 Å². The minimum absolute atomic E-state index is 0.600. The van der Waals surface area contributed by atoms with Crippen molar-refractivity contribution >= 4 is 17.3 Å². The van der Waals surface area contributed by atoms with E-state index >= 15 is 0 Å². The van der Waals surface area contributed by atoms with Crippen LogP contribution in [0.15, 0.2) is 30.0 Å². The summed E-state index contributed by atoms with van der Waals surface area (Å²) in [5.41, 5.74) is 2.84. The molecule has 4 atom stereocenters. The average molecular weight is 301 g/mol. The minimum Gasteiger partial charge on any atom is -0.358 e. The number of rotatable bonds is 2. The summed E-state index contributed by atoms with van der Waals surface area (Å²) in [6, 6.07) is 7.57. The predicted molar refractivity (Wildman–Crippen MR) is 87.0 cm³/mol. The van der Waals surface area contributed by atoms with E-state index in [1.54, 1.807) is 6.07 Å². The summed E-state index contributed by atoms with van der Waals surface area (Å²) in [6.45, 7) is 4.67. The smallest absolute Gasteiger partial charge is 0.0992 e. The van der Waals surface area contributed by atoms with Crippen LogP contribution in [0.5, 0.6) is 0 Å². The summed E-state index contributed by atoms with van der Waals surface area (Å²) in [5.74, 6) is 2.86. The Bertz CT molecular complexity index is 614. The molecule has 110 valence electrons. The summed E-state index contributed by atoms with van der Waals surface area (Å²) in [7, 11) is 0. The number of fused-ring (bicyclic) bond motifs is 1. The van der Waals surface area contributed by atoms with E-state index in [2.05, 4.69) is 31.3 Å². The van der Waals surface area contributed by atoms with Gasteiger partial charge in [-0.05, 0) is 48.8 Å². The number of nitriles is 1. The van der Waals surface area contributed by atoms with Crippen LogP contribution in [0.25, 0.3) is 0 Å². The van der Waals surface area contributed by atoms with Crippen LogP contribution >= 0.6 is 11.6 Å². The van der Waals surface area contributed by atoms with Crippen molar-refractivity contribution in [3.8, 4) is 6.07 Å². The highest BCUT2D eigenvalue weighted by molar-refractivity contribution is 6.33. The molecular formula is C18H21ClN2. The van der Waals surface area contributed by atoms with Crippen molar-refractivity contribution in [1.82, 2.24) is 0 Å². The third-order valence-corrected chi connectivity index (χ3v) is 5.37. The Morgan fingerprint density at radius 1 is 1.29 bits per heavy atom. The Kier molecular flexibility index (Phi) is 3.95. The number of hydrogen-bond donors (Lipinski definition) is 1. The normalized spacial score (nSPS) is 31.2. The predicted octanol–water partition coefficient (Wildman–Crippen LogP) is 5.21. The maximum atomic E-state index is 8.91. The van der Waals surface area contributed by atoms with Gasteiger partial charge in [0.25, 0.3) is 0 Å². The van der Waals surface area contributed by atoms with Gasteiger partial charge in [-0.3, -0.25) is 0 Å². The number of nitrogens with one attached hydrogen (secondary N) is 1. The van der Waals surface area contributed by atoms with Crippen molar-refractivity contribution in [2.24, 2.45) is 23.7 Å². The van der Waals surface area contributed by atoms with Gasteiger partial charge in [-0.1, -0.05) is 37.9 Å². The zero-order valence-electron chi connectivity index (χ0n) is 12.6. The highest BCUT2D eigenvalue weighted by Crippen LogP contribution is 2.47. The summed E-state index contributed by atoms with van der Waals surface area (Å²) in [6.07, 6.45) is 6.32. The lowest BCUT2D eigenvalue weighted by molar-refractivity contribution is 0.203. The summed E-state index contributed by atoms with van der Waals surface area (Å²) in [5, 5.41) is 13.1. The number of hydrogen-bond acceptors (Lipinski definition) is 2. The molecule has 2 aliphatic carbocycles. The van der Waals surface area contributed by atoms with Gasteiger partial charge in [0.15, 0.2) is 0 Å². The zero-order chi connectivity index (χ0) is 15.0. The fourth-order valence-corrected chi connectivity index (χ4v) is 4.13. The first-order valence-corrected chi connectivity index (χ1v) is 8.14. The Labute approximate surface area is 131 Å². The molecule has 3 heteroatoms. The van der Waals surface area contributed by atoms with Crippen molar-refractivity contribution in [2.75, 3.05) is 5.32 Å². The molecule has 1 saturated carbocycles. The molecule has 1 aromatic rings. The standard InChI is InChI=1S/C18H21ClN2/c1-11-3-5-14-12(2)8-18(15(14)7-11)21-17-6-4-13(10-20)9-16(17)19/h4,6,8-9,11-12,14-15,21H,3,5,7H2,1-2H3/t11-,12?,14+,15-/m1/s1. The lowest BCUT2D eigenvalue weighted by atomic mass is 9.73. The number of nitrogens with zero attached hydrogens (tertiary/aromatic N) is 1. The van der Waals surface area contributed by atoms with Gasteiger partial charge < -0.3 is 5.32 Å². The zero-order valence-corrected chi connectivity index (χ0v) is 13.3. The van der Waals surface area contributed by atoms with E-state index in [1.165, 1.54) is 25.0 Å². The summed E-state index contributed by atoms with van der Waals surface area (Å²) < 4.78 is 0. The SMILES string of the molecule is CC1C=C(Nc2ccc(C#N)cc2Cl)[C@@H]2C[C@H](C)CC[C@@H]12. The lowest BCUT2D eigenvalue weighted by Crippen LogP contribution is -2.26. The van der Waals surface area contributed by atoms with Gasteiger partial charge in [0.2, 0.25) is 0 Å². The topological polar surface area (TPSA) is 35.8 Å². The third-order valence-electron chi connectivity index (χ3n) is 5.06. The van der Waals surface area contributed by atoms with Crippen LogP contribution in [-0.4, -0.2) is 0 Å². The molecule has 1 aromatic carbocycles. The van der Waals surface area contributed by atoms with Crippen LogP contribution in [0.1, 0.15) is 38.7 Å². The van der Waals surface area contributed by atoms with Gasteiger partial charge >= 0.3 is 0 Å². The highest BCUT2D eigenvalue weighted by Gasteiger charge is 2.38. The first-order valence-electron chi connectivity index (χ1n) is 7.77. The number of benzene rings is 1. The molecular weight excluding hydrogens is 280 g/mol. The van der Waals surface area contributed by atoms with Gasteiger partial charge in [-0.2, -0.15) is 5.26 Å². The van der Waals surface area contributed by atoms with E-state index in [0.29, 0.717) is 22.4 Å². The van der Waals surface area contributed by atoms with Gasteiger partial charge in [0.1, 0.15) is 0 Å². The molecule has 21 heavy (non-hydrogen) atoms. The molecule has 3 rings (SSSR count). The number of halogens is 1. The van der Waals surface area contributed by atoms with Crippen molar-refractivity contribution in [3.05, 3.63) is 40.6 Å². The molecule has 2 nitrogen and oxygen atoms in total. The van der Waals surface area contributed by atoms with Crippen molar-refractivity contribution < 1.29 is 0 Å². The van der Waals surface area contributed by atoms with Crippen LogP contribution in [0, 0.1) is 35.0 Å². The highest BCUT2D eigenvalue weighted by atomic mass is 35.5. The fourth-order valence-electron chi connectivity index (χ4n) is 3.90. The molecule has 1 fully saturated rings. The molecule has 0 heterocycles. The summed E-state index contributed by atoms with van der Waals surface area (Å²) >= 11 is 6.29. The second-order valence-electron chi connectivity index (χ2n) is 6.60. The largest absolute Gasteiger partial charge is 0.358 e. The average Bonchev–Trinajstić information content (AvgIpc) is 2.77. The molecule has 1 N–H and O–H groups in total. The molecule has 0 bridgehead atoms. The first kappa shape index (κ1) is 14.5. The molecule has 0 aromatic heterocycles. The van der Waals surface area contributed by atoms with E-state index in [0.717, 1.165) is 17.5 Å². The number of allylic oxidation sites excluding steroid dienone is 2. The Morgan fingerprint density at radius 3 is 2.81 bits per heavy atom. The van der Waals surface area contributed by atoms with E-state index in [4.69, 9.17) is 16.9 Å². The van der Waals surface area contributed by atoms with Gasteiger partial charge in [0, 0.05) is 11.6 Å². The monoisotopic (exact) mass is 300 g/mol. The van der Waals surface area contributed by atoms with Gasteiger partial charge in [-0.15, -0.1) is 0 Å². The first-order chi connectivity index (χ1) is 10.1. The summed E-state index contributed by atoms with van der Waals surface area (Å²) in [4.78, 5) is 0. The van der Waals surface area contributed by atoms with Crippen molar-refractivity contribution in [2.45, 2.75) is 33.1 Å². The van der Waals surface area contributed by atoms with Crippen LogP contribution in [0.2, 0.25) is 5.02 Å². The molecule has 0 aliphatic heterocycles. The Hall–Kier alpha value is -1.46. The fraction of sp³-hybridized carbons (Fsp3) is 0.500. The van der Waals surface area contributed by atoms with E-state index < -0.39 is 0 Å². The third kappa shape index (κ3) is 2.80. The van der Waals surface area contributed by atoms with Gasteiger partial charge in [0.05, 0.1) is 22.3 Å². The van der Waals surface area contributed by atoms with Crippen molar-refractivity contribution in [3.63, 3.8) is 0 Å². The molecule has 2 aliphatic rings. The maximum absolute atomic E-state index is 8.91. The van der Waals surface area contributed by atoms with Crippen molar-refractivity contribution in [1.29, 1.82) is 5.26 Å². The minimum atomic E-state index is 0.600. The maximum Gasteiger partial charge on any atom is 0.0992 e. The van der Waals surface area contributed by atoms with E-state index in [-0.39, 0.29) is 0 Å². The Balaban J connectivity index is 1.81. The number of anilines is 1. The van der Waals surface area contributed by atoms with Gasteiger partial charge in [-0.25, -0.2) is 0 Å². The van der Waals surface area contributed by atoms with E-state index in [1.807, 2.05) is 12.1 Å². The Morgan fingerprint density at radius 2 is 2.10 bits per heavy atom. The second-order valence-corrected chi connectivity index (χ2v) is 7.01. The van der Waals surface area contributed by atoms with Crippen LogP contribution < -0.4 is 5.32 Å². The quantitative estimate of drug-likeness (QED) is 0.814. The molecule has 1 unspecified atom stereocenters. The lowest BCUT2D eigenvalue weighted by Gasteiger charge is -2.34. The molecule has 0 spiro atoms. The van der Waals surface area contributed by atoms with Crippen LogP contribution in [0.3, 0.4) is 0 Å². The second kappa shape index (κ2) is 5.73.